The zero-order valence-corrected chi connectivity index (χ0v) is 13.8. The number of piperidine rings is 1. The lowest BCUT2D eigenvalue weighted by molar-refractivity contribution is -0.136. The van der Waals surface area contributed by atoms with E-state index in [9.17, 15) is 9.18 Å². The third-order valence-corrected chi connectivity index (χ3v) is 4.46. The molecule has 1 aliphatic rings. The predicted molar refractivity (Wildman–Crippen MR) is 88.1 cm³/mol. The first-order valence-electron chi connectivity index (χ1n) is 8.28. The Morgan fingerprint density at radius 1 is 1.42 bits per heavy atom. The van der Waals surface area contributed by atoms with Gasteiger partial charge < -0.3 is 14.2 Å². The molecule has 24 heavy (non-hydrogen) atoms. The van der Waals surface area contributed by atoms with Crippen molar-refractivity contribution >= 4 is 5.91 Å². The molecular weight excluding hydrogens is 309 g/mol. The maximum atomic E-state index is 12.9. The monoisotopic (exact) mass is 331 g/mol. The third-order valence-electron chi connectivity index (χ3n) is 4.46. The summed E-state index contributed by atoms with van der Waals surface area (Å²) in [5, 5.41) is 0. The van der Waals surface area contributed by atoms with Crippen molar-refractivity contribution in [3.8, 4) is 5.75 Å². The van der Waals surface area contributed by atoms with Gasteiger partial charge in [0.15, 0.2) is 0 Å². The van der Waals surface area contributed by atoms with Gasteiger partial charge in [-0.25, -0.2) is 9.37 Å². The van der Waals surface area contributed by atoms with Crippen molar-refractivity contribution in [2.45, 2.75) is 25.8 Å². The van der Waals surface area contributed by atoms with Crippen molar-refractivity contribution in [2.24, 2.45) is 5.92 Å². The van der Waals surface area contributed by atoms with Crippen LogP contribution in [0.2, 0.25) is 0 Å². The molecule has 2 heterocycles. The van der Waals surface area contributed by atoms with Gasteiger partial charge in [-0.15, -0.1) is 0 Å². The van der Waals surface area contributed by atoms with Gasteiger partial charge in [0, 0.05) is 31.4 Å². The fraction of sp³-hybridized carbons (Fsp3) is 0.444. The smallest absolute Gasteiger partial charge is 0.245 e. The summed E-state index contributed by atoms with van der Waals surface area (Å²) in [4.78, 5) is 18.6. The zero-order valence-electron chi connectivity index (χ0n) is 13.8. The third kappa shape index (κ3) is 3.93. The van der Waals surface area contributed by atoms with Gasteiger partial charge in [0.1, 0.15) is 17.6 Å². The zero-order chi connectivity index (χ0) is 16.9. The van der Waals surface area contributed by atoms with E-state index in [1.54, 1.807) is 24.7 Å². The van der Waals surface area contributed by atoms with E-state index < -0.39 is 0 Å². The fourth-order valence-electron chi connectivity index (χ4n) is 3.04. The molecular formula is C18H22FN3O2. The molecule has 1 saturated heterocycles. The number of carbonyl (C=O) groups is 1. The largest absolute Gasteiger partial charge is 0.493 e. The number of benzene rings is 1. The Morgan fingerprint density at radius 2 is 2.21 bits per heavy atom. The van der Waals surface area contributed by atoms with E-state index in [2.05, 4.69) is 4.98 Å². The number of halogens is 1. The van der Waals surface area contributed by atoms with Crippen LogP contribution in [0, 0.1) is 11.7 Å². The molecule has 5 nitrogen and oxygen atoms in total. The van der Waals surface area contributed by atoms with E-state index >= 15 is 0 Å². The van der Waals surface area contributed by atoms with Crippen molar-refractivity contribution in [1.29, 1.82) is 0 Å². The van der Waals surface area contributed by atoms with E-state index in [-0.39, 0.29) is 17.8 Å². The van der Waals surface area contributed by atoms with Crippen molar-refractivity contribution in [3.05, 3.63) is 48.8 Å². The number of hydrogen-bond acceptors (Lipinski definition) is 3. The summed E-state index contributed by atoms with van der Waals surface area (Å²) in [6, 6.07) is 5.78. The lowest BCUT2D eigenvalue weighted by Gasteiger charge is -2.34. The number of amides is 1. The van der Waals surface area contributed by atoms with Crippen molar-refractivity contribution in [3.63, 3.8) is 0 Å². The van der Waals surface area contributed by atoms with E-state index in [1.807, 2.05) is 22.6 Å². The molecule has 1 aliphatic heterocycles. The van der Waals surface area contributed by atoms with Gasteiger partial charge >= 0.3 is 0 Å². The summed E-state index contributed by atoms with van der Waals surface area (Å²) in [5.41, 5.74) is 0. The van der Waals surface area contributed by atoms with E-state index in [0.717, 1.165) is 19.4 Å². The first-order chi connectivity index (χ1) is 11.6. The van der Waals surface area contributed by atoms with Crippen molar-refractivity contribution in [2.75, 3.05) is 19.7 Å². The second kappa shape index (κ2) is 7.47. The second-order valence-corrected chi connectivity index (χ2v) is 6.24. The van der Waals surface area contributed by atoms with Crippen LogP contribution in [-0.4, -0.2) is 40.1 Å². The Kier molecular flexibility index (Phi) is 5.13. The number of nitrogens with zero attached hydrogens (tertiary/aromatic N) is 3. The van der Waals surface area contributed by atoms with Crippen LogP contribution < -0.4 is 4.74 Å². The van der Waals surface area contributed by atoms with E-state index in [1.165, 1.54) is 12.1 Å². The van der Waals surface area contributed by atoms with Gasteiger partial charge in [-0.1, -0.05) is 0 Å². The average Bonchev–Trinajstić information content (AvgIpc) is 3.15. The number of aromatic nitrogens is 2. The van der Waals surface area contributed by atoms with Gasteiger partial charge in [-0.05, 0) is 44.0 Å². The SMILES string of the molecule is C[C@@H](C(=O)N1CCC[C@@H](COc2ccc(F)cc2)C1)n1ccnc1. The fourth-order valence-corrected chi connectivity index (χ4v) is 3.04. The normalized spacial score (nSPS) is 19.1. The van der Waals surface area contributed by atoms with Crippen LogP contribution in [0.15, 0.2) is 43.0 Å². The van der Waals surface area contributed by atoms with Crippen LogP contribution in [0.25, 0.3) is 0 Å². The maximum Gasteiger partial charge on any atom is 0.245 e. The Hall–Kier alpha value is -2.37. The first-order valence-corrected chi connectivity index (χ1v) is 8.28. The lowest BCUT2D eigenvalue weighted by atomic mass is 9.98. The Balaban J connectivity index is 1.54. The van der Waals surface area contributed by atoms with Crippen LogP contribution in [0.1, 0.15) is 25.8 Å². The number of hydrogen-bond donors (Lipinski definition) is 0. The molecule has 0 N–H and O–H groups in total. The quantitative estimate of drug-likeness (QED) is 0.846. The Labute approximate surface area is 141 Å². The highest BCUT2D eigenvalue weighted by Crippen LogP contribution is 2.21. The summed E-state index contributed by atoms with van der Waals surface area (Å²) in [6.45, 7) is 3.90. The average molecular weight is 331 g/mol. The number of rotatable bonds is 5. The van der Waals surface area contributed by atoms with Crippen LogP contribution in [0.3, 0.4) is 0 Å². The molecule has 0 unspecified atom stereocenters. The van der Waals surface area contributed by atoms with Gasteiger partial charge in [-0.2, -0.15) is 0 Å². The van der Waals surface area contributed by atoms with Gasteiger partial charge in [0.25, 0.3) is 0 Å². The highest BCUT2D eigenvalue weighted by atomic mass is 19.1. The highest BCUT2D eigenvalue weighted by Gasteiger charge is 2.27. The topological polar surface area (TPSA) is 47.4 Å². The van der Waals surface area contributed by atoms with E-state index in [4.69, 9.17) is 4.74 Å². The van der Waals surface area contributed by atoms with E-state index in [0.29, 0.717) is 24.8 Å². The minimum atomic E-state index is -0.273. The number of likely N-dealkylation sites (tertiary alicyclic amines) is 1. The van der Waals surface area contributed by atoms with Gasteiger partial charge in [0.05, 0.1) is 12.9 Å². The molecule has 3 rings (SSSR count). The molecule has 1 fully saturated rings. The molecule has 1 aromatic heterocycles. The molecule has 0 saturated carbocycles. The van der Waals surface area contributed by atoms with Crippen molar-refractivity contribution < 1.29 is 13.9 Å². The number of carbonyl (C=O) groups excluding carboxylic acids is 1. The minimum Gasteiger partial charge on any atom is -0.493 e. The molecule has 6 heteroatoms. The van der Waals surface area contributed by atoms with Gasteiger partial charge in [-0.3, -0.25) is 4.79 Å². The molecule has 0 radical (unpaired) electrons. The van der Waals surface area contributed by atoms with Crippen LogP contribution in [0.5, 0.6) is 5.75 Å². The molecule has 2 atom stereocenters. The Bertz CT molecular complexity index is 657. The van der Waals surface area contributed by atoms with Crippen LogP contribution in [-0.2, 0) is 4.79 Å². The summed E-state index contributed by atoms with van der Waals surface area (Å²) in [7, 11) is 0. The number of imidazole rings is 1. The summed E-state index contributed by atoms with van der Waals surface area (Å²) in [5.74, 6) is 0.791. The molecule has 0 aliphatic carbocycles. The second-order valence-electron chi connectivity index (χ2n) is 6.24. The highest BCUT2D eigenvalue weighted by molar-refractivity contribution is 5.80. The molecule has 0 bridgehead atoms. The maximum absolute atomic E-state index is 12.9. The summed E-state index contributed by atoms with van der Waals surface area (Å²) in [6.07, 6.45) is 7.16. The van der Waals surface area contributed by atoms with Crippen molar-refractivity contribution in [1.82, 2.24) is 14.5 Å². The summed E-state index contributed by atoms with van der Waals surface area (Å²) < 4.78 is 20.5. The molecule has 0 spiro atoms. The first kappa shape index (κ1) is 16.5. The molecule has 128 valence electrons. The lowest BCUT2D eigenvalue weighted by Crippen LogP contribution is -2.44. The predicted octanol–water partition coefficient (Wildman–Crippen LogP) is 2.90. The van der Waals surface area contributed by atoms with Crippen LogP contribution in [0.4, 0.5) is 4.39 Å². The molecule has 1 amide bonds. The molecule has 2 aromatic rings. The molecule has 1 aromatic carbocycles. The van der Waals surface area contributed by atoms with Crippen LogP contribution >= 0.6 is 0 Å². The minimum absolute atomic E-state index is 0.111. The summed E-state index contributed by atoms with van der Waals surface area (Å²) >= 11 is 0. The Morgan fingerprint density at radius 3 is 2.92 bits per heavy atom. The number of ether oxygens (including phenoxy) is 1. The standard InChI is InChI=1S/C18H22FN3O2/c1-14(22-10-8-20-13-22)18(23)21-9-2-3-15(11-21)12-24-17-6-4-16(19)5-7-17/h4-8,10,13-15H,2-3,9,11-12H2,1H3/t14-,15+/m0/s1. The van der Waals surface area contributed by atoms with Gasteiger partial charge in [0.2, 0.25) is 5.91 Å².